The average molecular weight is 319 g/mol. The summed E-state index contributed by atoms with van der Waals surface area (Å²) in [5, 5.41) is 9.21. The molecule has 2 aromatic heterocycles. The number of aromatic nitrogens is 3. The van der Waals surface area contributed by atoms with Crippen LogP contribution in [0.1, 0.15) is 5.56 Å². The van der Waals surface area contributed by atoms with Gasteiger partial charge in [0.05, 0.1) is 11.7 Å². The van der Waals surface area contributed by atoms with E-state index in [9.17, 15) is 4.79 Å². The maximum absolute atomic E-state index is 12.2. The number of nitrogens with zero attached hydrogens (tertiary/aromatic N) is 4. The Morgan fingerprint density at radius 1 is 1.23 bits per heavy atom. The molecular weight excluding hydrogens is 302 g/mol. The van der Waals surface area contributed by atoms with Gasteiger partial charge in [-0.25, -0.2) is 4.79 Å². The molecule has 2 amide bonds. The minimum atomic E-state index is -0.138. The van der Waals surface area contributed by atoms with Gasteiger partial charge >= 0.3 is 6.03 Å². The highest BCUT2D eigenvalue weighted by Crippen LogP contribution is 2.19. The van der Waals surface area contributed by atoms with Crippen LogP contribution in [0, 0.1) is 0 Å². The monoisotopic (exact) mass is 319 g/mol. The molecule has 1 aliphatic heterocycles. The van der Waals surface area contributed by atoms with E-state index in [2.05, 4.69) is 29.7 Å². The fraction of sp³-hybridized carbons (Fsp3) is 0.385. The van der Waals surface area contributed by atoms with Crippen LogP contribution in [0.5, 0.6) is 0 Å². The zero-order chi connectivity index (χ0) is 15.2. The molecule has 0 unspecified atom stereocenters. The third-order valence-electron chi connectivity index (χ3n) is 3.33. The molecule has 0 aliphatic carbocycles. The van der Waals surface area contributed by atoms with Crippen molar-refractivity contribution >= 4 is 29.4 Å². The maximum Gasteiger partial charge on any atom is 0.323 e. The number of anilines is 2. The van der Waals surface area contributed by atoms with Crippen LogP contribution >= 0.6 is 11.7 Å². The Kier molecular flexibility index (Phi) is 4.76. The molecule has 3 N–H and O–H groups in total. The van der Waals surface area contributed by atoms with Crippen molar-refractivity contribution in [3.05, 3.63) is 30.1 Å². The SMILES string of the molecule is O=C(Nc1nsnc1NCc1ccncc1)N1CCNCC1. The number of hydrogen-bond acceptors (Lipinski definition) is 7. The summed E-state index contributed by atoms with van der Waals surface area (Å²) in [7, 11) is 0. The number of rotatable bonds is 4. The van der Waals surface area contributed by atoms with Crippen LogP contribution in [0.15, 0.2) is 24.5 Å². The topological polar surface area (TPSA) is 95.1 Å². The van der Waals surface area contributed by atoms with Crippen molar-refractivity contribution in [1.82, 2.24) is 23.9 Å². The number of amides is 2. The maximum atomic E-state index is 12.2. The molecule has 0 atom stereocenters. The van der Waals surface area contributed by atoms with E-state index in [1.165, 1.54) is 0 Å². The first-order chi connectivity index (χ1) is 10.8. The van der Waals surface area contributed by atoms with E-state index in [0.29, 0.717) is 31.3 Å². The van der Waals surface area contributed by atoms with Gasteiger partial charge in [0.2, 0.25) is 0 Å². The molecule has 1 aliphatic rings. The molecule has 22 heavy (non-hydrogen) atoms. The van der Waals surface area contributed by atoms with E-state index in [1.54, 1.807) is 17.3 Å². The molecule has 2 aromatic rings. The Hall–Kier alpha value is -2.26. The Labute approximate surface area is 132 Å². The van der Waals surface area contributed by atoms with Crippen molar-refractivity contribution in [2.24, 2.45) is 0 Å². The lowest BCUT2D eigenvalue weighted by molar-refractivity contribution is 0.204. The Morgan fingerprint density at radius 2 is 1.95 bits per heavy atom. The van der Waals surface area contributed by atoms with Crippen LogP contribution in [0.2, 0.25) is 0 Å². The van der Waals surface area contributed by atoms with Crippen molar-refractivity contribution in [2.75, 3.05) is 36.8 Å². The van der Waals surface area contributed by atoms with Gasteiger partial charge in [-0.1, -0.05) is 0 Å². The van der Waals surface area contributed by atoms with Gasteiger partial charge in [0.1, 0.15) is 0 Å². The van der Waals surface area contributed by atoms with Crippen molar-refractivity contribution in [2.45, 2.75) is 6.54 Å². The number of piperazine rings is 1. The smallest absolute Gasteiger partial charge is 0.323 e. The predicted molar refractivity (Wildman–Crippen MR) is 84.9 cm³/mol. The van der Waals surface area contributed by atoms with Gasteiger partial charge in [-0.3, -0.25) is 10.3 Å². The molecule has 0 bridgehead atoms. The molecule has 3 rings (SSSR count). The lowest BCUT2D eigenvalue weighted by atomic mass is 10.3. The van der Waals surface area contributed by atoms with E-state index >= 15 is 0 Å². The van der Waals surface area contributed by atoms with Gasteiger partial charge in [-0.05, 0) is 17.7 Å². The minimum Gasteiger partial charge on any atom is -0.362 e. The van der Waals surface area contributed by atoms with Crippen molar-refractivity contribution < 1.29 is 4.79 Å². The van der Waals surface area contributed by atoms with Crippen LogP contribution in [0.3, 0.4) is 0 Å². The second-order valence-corrected chi connectivity index (χ2v) is 5.37. The largest absolute Gasteiger partial charge is 0.362 e. The average Bonchev–Trinajstić information content (AvgIpc) is 3.02. The van der Waals surface area contributed by atoms with Gasteiger partial charge in [0, 0.05) is 45.1 Å². The van der Waals surface area contributed by atoms with E-state index in [-0.39, 0.29) is 6.03 Å². The zero-order valence-electron chi connectivity index (χ0n) is 12.0. The number of carbonyl (C=O) groups is 1. The van der Waals surface area contributed by atoms with Gasteiger partial charge in [0.25, 0.3) is 0 Å². The molecule has 8 nitrogen and oxygen atoms in total. The van der Waals surface area contributed by atoms with E-state index < -0.39 is 0 Å². The first-order valence-electron chi connectivity index (χ1n) is 7.05. The first kappa shape index (κ1) is 14.7. The summed E-state index contributed by atoms with van der Waals surface area (Å²) in [6.07, 6.45) is 3.48. The summed E-state index contributed by atoms with van der Waals surface area (Å²) in [4.78, 5) is 17.9. The van der Waals surface area contributed by atoms with E-state index in [4.69, 9.17) is 0 Å². The Morgan fingerprint density at radius 3 is 2.73 bits per heavy atom. The van der Waals surface area contributed by atoms with Crippen LogP contribution in [0.4, 0.5) is 16.4 Å². The number of hydrogen-bond donors (Lipinski definition) is 3. The Balaban J connectivity index is 1.58. The number of nitrogens with one attached hydrogen (secondary N) is 3. The van der Waals surface area contributed by atoms with Crippen LogP contribution in [0.25, 0.3) is 0 Å². The number of pyridine rings is 1. The van der Waals surface area contributed by atoms with Gasteiger partial charge in [-0.2, -0.15) is 8.75 Å². The van der Waals surface area contributed by atoms with Crippen molar-refractivity contribution in [3.63, 3.8) is 0 Å². The molecular formula is C13H17N7OS. The summed E-state index contributed by atoms with van der Waals surface area (Å²) in [6, 6.07) is 3.71. The number of urea groups is 1. The van der Waals surface area contributed by atoms with Crippen LogP contribution in [-0.4, -0.2) is 50.8 Å². The second kappa shape index (κ2) is 7.14. The molecule has 3 heterocycles. The molecule has 1 saturated heterocycles. The molecule has 0 saturated carbocycles. The summed E-state index contributed by atoms with van der Waals surface area (Å²) in [5.74, 6) is 1.06. The molecule has 0 spiro atoms. The molecule has 9 heteroatoms. The van der Waals surface area contributed by atoms with Crippen molar-refractivity contribution in [3.8, 4) is 0 Å². The molecule has 1 fully saturated rings. The third-order valence-corrected chi connectivity index (χ3v) is 3.86. The molecule has 116 valence electrons. The summed E-state index contributed by atoms with van der Waals surface area (Å²) in [5.41, 5.74) is 1.09. The quantitative estimate of drug-likeness (QED) is 0.778. The molecule has 0 aromatic carbocycles. The lowest BCUT2D eigenvalue weighted by Gasteiger charge is -2.27. The van der Waals surface area contributed by atoms with Crippen LogP contribution in [-0.2, 0) is 6.54 Å². The predicted octanol–water partition coefficient (Wildman–Crippen LogP) is 0.982. The highest BCUT2D eigenvalue weighted by molar-refractivity contribution is 6.99. The van der Waals surface area contributed by atoms with Gasteiger partial charge < -0.3 is 15.5 Å². The van der Waals surface area contributed by atoms with Gasteiger partial charge in [-0.15, -0.1) is 0 Å². The van der Waals surface area contributed by atoms with E-state index in [1.807, 2.05) is 12.1 Å². The third kappa shape index (κ3) is 3.68. The fourth-order valence-electron chi connectivity index (χ4n) is 2.12. The summed E-state index contributed by atoms with van der Waals surface area (Å²) >= 11 is 1.07. The van der Waals surface area contributed by atoms with Crippen LogP contribution < -0.4 is 16.0 Å². The highest BCUT2D eigenvalue weighted by atomic mass is 32.1. The summed E-state index contributed by atoms with van der Waals surface area (Å²) < 4.78 is 8.33. The standard InChI is InChI=1S/C13H17N7OS/c21-13(20-7-5-15-6-8-20)17-12-11(18-22-19-12)16-9-10-1-3-14-4-2-10/h1-4,15H,5-9H2,(H,16,18)(H,17,19,21). The highest BCUT2D eigenvalue weighted by Gasteiger charge is 2.18. The number of carbonyl (C=O) groups excluding carboxylic acids is 1. The summed E-state index contributed by atoms with van der Waals surface area (Å²) in [6.45, 7) is 3.63. The first-order valence-corrected chi connectivity index (χ1v) is 7.78. The molecule has 0 radical (unpaired) electrons. The van der Waals surface area contributed by atoms with Gasteiger partial charge in [0.15, 0.2) is 11.6 Å². The second-order valence-electron chi connectivity index (χ2n) is 4.84. The fourth-order valence-corrected chi connectivity index (χ4v) is 2.61. The Bertz CT molecular complexity index is 612. The van der Waals surface area contributed by atoms with Crippen molar-refractivity contribution in [1.29, 1.82) is 0 Å². The lowest BCUT2D eigenvalue weighted by Crippen LogP contribution is -2.48. The minimum absolute atomic E-state index is 0.138. The normalized spacial score (nSPS) is 14.6. The zero-order valence-corrected chi connectivity index (χ0v) is 12.8. The van der Waals surface area contributed by atoms with E-state index in [0.717, 1.165) is 30.4 Å².